The number of benzene rings is 1. The van der Waals surface area contributed by atoms with Crippen molar-refractivity contribution >= 4 is 21.7 Å². The van der Waals surface area contributed by atoms with Crippen molar-refractivity contribution in [2.75, 3.05) is 5.32 Å². The number of aromatic nitrogens is 2. The lowest BCUT2D eigenvalue weighted by Crippen LogP contribution is -2.34. The van der Waals surface area contributed by atoms with Gasteiger partial charge in [0, 0.05) is 4.47 Å². The summed E-state index contributed by atoms with van der Waals surface area (Å²) in [5.41, 5.74) is 5.88. The van der Waals surface area contributed by atoms with Crippen molar-refractivity contribution in [1.29, 1.82) is 5.26 Å². The summed E-state index contributed by atoms with van der Waals surface area (Å²) in [6.45, 7) is 0. The summed E-state index contributed by atoms with van der Waals surface area (Å²) in [5, 5.41) is 12.1. The molecule has 22 heavy (non-hydrogen) atoms. The van der Waals surface area contributed by atoms with Crippen molar-refractivity contribution in [3.63, 3.8) is 0 Å². The predicted octanol–water partition coefficient (Wildman–Crippen LogP) is 1.08. The Morgan fingerprint density at radius 2 is 1.86 bits per heavy atom. The lowest BCUT2D eigenvalue weighted by molar-refractivity contribution is 0.865. The van der Waals surface area contributed by atoms with Gasteiger partial charge < -0.3 is 11.1 Å². The number of nitrogens with one attached hydrogen (secondary N) is 3. The van der Waals surface area contributed by atoms with Crippen molar-refractivity contribution in [3.05, 3.63) is 72.1 Å². The molecule has 0 amide bonds. The van der Waals surface area contributed by atoms with Crippen molar-refractivity contribution in [1.82, 2.24) is 9.97 Å². The van der Waals surface area contributed by atoms with E-state index in [1.165, 1.54) is 0 Å². The molecule has 1 aromatic heterocycles. The molecule has 0 fully saturated rings. The molecule has 7 nitrogen and oxygen atoms in total. The van der Waals surface area contributed by atoms with Crippen molar-refractivity contribution in [2.45, 2.75) is 5.92 Å². The lowest BCUT2D eigenvalue weighted by atomic mass is 9.84. The number of aromatic amines is 2. The Bertz CT molecular complexity index is 933. The van der Waals surface area contributed by atoms with Gasteiger partial charge in [-0.15, -0.1) is 0 Å². The minimum Gasteiger partial charge on any atom is -0.384 e. The average molecular weight is 360 g/mol. The van der Waals surface area contributed by atoms with Gasteiger partial charge in [-0.2, -0.15) is 5.26 Å². The van der Waals surface area contributed by atoms with E-state index >= 15 is 0 Å². The highest BCUT2D eigenvalue weighted by atomic mass is 79.9. The van der Waals surface area contributed by atoms with Crippen LogP contribution < -0.4 is 22.3 Å². The fourth-order valence-corrected chi connectivity index (χ4v) is 2.75. The van der Waals surface area contributed by atoms with Crippen molar-refractivity contribution < 1.29 is 0 Å². The van der Waals surface area contributed by atoms with E-state index in [9.17, 15) is 14.9 Å². The monoisotopic (exact) mass is 359 g/mol. The van der Waals surface area contributed by atoms with Crippen molar-refractivity contribution in [2.24, 2.45) is 5.73 Å². The van der Waals surface area contributed by atoms with E-state index < -0.39 is 17.2 Å². The highest BCUT2D eigenvalue weighted by molar-refractivity contribution is 9.10. The van der Waals surface area contributed by atoms with E-state index in [0.29, 0.717) is 0 Å². The molecule has 8 heteroatoms. The van der Waals surface area contributed by atoms with Crippen LogP contribution in [0.25, 0.3) is 0 Å². The molecule has 2 aromatic rings. The first-order valence-electron chi connectivity index (χ1n) is 6.30. The number of nitriles is 1. The molecule has 110 valence electrons. The third kappa shape index (κ3) is 2.21. The van der Waals surface area contributed by atoms with E-state index in [4.69, 9.17) is 5.73 Å². The first-order valence-corrected chi connectivity index (χ1v) is 7.09. The number of allylic oxidation sites excluding steroid dienone is 1. The van der Waals surface area contributed by atoms with Crippen LogP contribution in [0, 0.1) is 11.3 Å². The summed E-state index contributed by atoms with van der Waals surface area (Å²) in [6, 6.07) is 9.23. The number of nitrogens with two attached hydrogens (primary N) is 1. The van der Waals surface area contributed by atoms with Gasteiger partial charge in [-0.1, -0.05) is 28.1 Å². The van der Waals surface area contributed by atoms with Gasteiger partial charge in [0.05, 0.1) is 23.1 Å². The van der Waals surface area contributed by atoms with Crippen LogP contribution in [0.4, 0.5) is 5.82 Å². The van der Waals surface area contributed by atoms with Crippen LogP contribution in [0.5, 0.6) is 0 Å². The zero-order valence-electron chi connectivity index (χ0n) is 11.1. The standard InChI is InChI=1S/C14H10BrN5O2/c15-7-3-1-6(2-4-7)9-8(5-16)11(17)18-12-10(9)13(21)20-14(22)19-12/h1-4,9H,17H2,(H3,18,19,20,21,22)/t9-/m0/s1. The molecule has 1 aliphatic rings. The number of anilines is 1. The first-order chi connectivity index (χ1) is 10.5. The molecule has 0 saturated heterocycles. The molecule has 0 radical (unpaired) electrons. The second kappa shape index (κ2) is 5.20. The fourth-order valence-electron chi connectivity index (χ4n) is 2.49. The third-order valence-electron chi connectivity index (χ3n) is 3.43. The van der Waals surface area contributed by atoms with Crippen LogP contribution in [0.15, 0.2) is 49.7 Å². The molecule has 0 bridgehead atoms. The predicted molar refractivity (Wildman–Crippen MR) is 84.1 cm³/mol. The number of nitrogens with zero attached hydrogens (tertiary/aromatic N) is 1. The molecule has 0 saturated carbocycles. The molecule has 2 heterocycles. The molecule has 0 unspecified atom stereocenters. The summed E-state index contributed by atoms with van der Waals surface area (Å²) in [7, 11) is 0. The van der Waals surface area contributed by atoms with Crippen LogP contribution in [0.2, 0.25) is 0 Å². The summed E-state index contributed by atoms with van der Waals surface area (Å²) >= 11 is 3.34. The van der Waals surface area contributed by atoms with Gasteiger partial charge in [0.2, 0.25) is 0 Å². The smallest absolute Gasteiger partial charge is 0.327 e. The number of fused-ring (bicyclic) bond motifs is 1. The minimum atomic E-state index is -0.644. The SMILES string of the molecule is N#CC1=C(N)Nc2[nH]c(=O)[nH]c(=O)c2[C@H]1c1ccc(Br)cc1. The van der Waals surface area contributed by atoms with Crippen LogP contribution in [0.3, 0.4) is 0 Å². The number of halogens is 1. The molecular weight excluding hydrogens is 350 g/mol. The van der Waals surface area contributed by atoms with E-state index in [1.54, 1.807) is 12.1 Å². The number of H-pyrrole nitrogens is 2. The summed E-state index contributed by atoms with van der Waals surface area (Å²) < 4.78 is 0.872. The van der Waals surface area contributed by atoms with Gasteiger partial charge in [-0.25, -0.2) is 4.79 Å². The van der Waals surface area contributed by atoms with Gasteiger partial charge >= 0.3 is 5.69 Å². The quantitative estimate of drug-likeness (QED) is 0.605. The Morgan fingerprint density at radius 1 is 1.18 bits per heavy atom. The van der Waals surface area contributed by atoms with E-state index in [-0.39, 0.29) is 22.8 Å². The summed E-state index contributed by atoms with van der Waals surface area (Å²) in [6.07, 6.45) is 0. The van der Waals surface area contributed by atoms with E-state index in [1.807, 2.05) is 18.2 Å². The normalized spacial score (nSPS) is 16.6. The third-order valence-corrected chi connectivity index (χ3v) is 3.96. The zero-order valence-corrected chi connectivity index (χ0v) is 12.7. The first kappa shape index (κ1) is 14.2. The molecule has 0 spiro atoms. The van der Waals surface area contributed by atoms with Gasteiger partial charge in [0.15, 0.2) is 0 Å². The Labute approximate surface area is 132 Å². The Kier molecular flexibility index (Phi) is 3.35. The number of rotatable bonds is 1. The highest BCUT2D eigenvalue weighted by Crippen LogP contribution is 2.37. The largest absolute Gasteiger partial charge is 0.384 e. The van der Waals surface area contributed by atoms with Crippen molar-refractivity contribution in [3.8, 4) is 6.07 Å². The number of hydrogen-bond donors (Lipinski definition) is 4. The Morgan fingerprint density at radius 3 is 2.50 bits per heavy atom. The maximum absolute atomic E-state index is 12.2. The fraction of sp³-hybridized carbons (Fsp3) is 0.0714. The van der Waals surface area contributed by atoms with Crippen LogP contribution >= 0.6 is 15.9 Å². The average Bonchev–Trinajstić information content (AvgIpc) is 2.46. The molecule has 5 N–H and O–H groups in total. The minimum absolute atomic E-state index is 0.115. The summed E-state index contributed by atoms with van der Waals surface area (Å²) in [5.74, 6) is -0.322. The topological polar surface area (TPSA) is 128 Å². The van der Waals surface area contributed by atoms with Gasteiger partial charge in [-0.3, -0.25) is 14.8 Å². The highest BCUT2D eigenvalue weighted by Gasteiger charge is 2.32. The molecule has 3 rings (SSSR count). The van der Waals surface area contributed by atoms with Gasteiger partial charge in [0.25, 0.3) is 5.56 Å². The Hall–Kier alpha value is -2.79. The molecular formula is C14H10BrN5O2. The molecule has 0 aliphatic carbocycles. The zero-order chi connectivity index (χ0) is 15.9. The van der Waals surface area contributed by atoms with Gasteiger partial charge in [0.1, 0.15) is 11.6 Å². The van der Waals surface area contributed by atoms with E-state index in [0.717, 1.165) is 10.0 Å². The molecule has 1 aromatic carbocycles. The summed E-state index contributed by atoms with van der Waals surface area (Å²) in [4.78, 5) is 28.3. The van der Waals surface area contributed by atoms with Crippen LogP contribution in [-0.2, 0) is 0 Å². The van der Waals surface area contributed by atoms with Gasteiger partial charge in [-0.05, 0) is 17.7 Å². The second-order valence-corrected chi connectivity index (χ2v) is 5.66. The maximum atomic E-state index is 12.2. The van der Waals surface area contributed by atoms with E-state index in [2.05, 4.69) is 31.2 Å². The maximum Gasteiger partial charge on any atom is 0.327 e. The Balaban J connectivity index is 2.32. The second-order valence-electron chi connectivity index (χ2n) is 4.75. The molecule has 1 aliphatic heterocycles. The molecule has 1 atom stereocenters. The van der Waals surface area contributed by atoms with Crippen LogP contribution in [-0.4, -0.2) is 9.97 Å². The lowest BCUT2D eigenvalue weighted by Gasteiger charge is -2.25. The van der Waals surface area contributed by atoms with Crippen LogP contribution in [0.1, 0.15) is 17.0 Å². The number of hydrogen-bond acceptors (Lipinski definition) is 5.